The summed E-state index contributed by atoms with van der Waals surface area (Å²) in [5.74, 6) is 0.800. The number of piperazine rings is 1. The van der Waals surface area contributed by atoms with Gasteiger partial charge < -0.3 is 10.2 Å². The van der Waals surface area contributed by atoms with Gasteiger partial charge in [0.15, 0.2) is 0 Å². The molecular formula is C18H23N5O. The van der Waals surface area contributed by atoms with Crippen molar-refractivity contribution < 1.29 is 4.79 Å². The largest absolute Gasteiger partial charge is 0.338 e. The molecule has 0 bridgehead atoms. The maximum atomic E-state index is 12.3. The van der Waals surface area contributed by atoms with E-state index in [9.17, 15) is 4.79 Å². The second kappa shape index (κ2) is 7.40. The number of carbonyl (C=O) groups is 1. The Kier molecular flexibility index (Phi) is 5.05. The number of carbonyl (C=O) groups excluding carboxylic acids is 1. The first-order chi connectivity index (χ1) is 11.6. The van der Waals surface area contributed by atoms with Crippen LogP contribution < -0.4 is 10.2 Å². The summed E-state index contributed by atoms with van der Waals surface area (Å²) in [5.41, 5.74) is 3.11. The number of hydrogen-bond donors (Lipinski definition) is 1. The van der Waals surface area contributed by atoms with Crippen LogP contribution in [0.15, 0.2) is 36.7 Å². The summed E-state index contributed by atoms with van der Waals surface area (Å²) >= 11 is 0. The van der Waals surface area contributed by atoms with E-state index >= 15 is 0 Å². The van der Waals surface area contributed by atoms with Crippen molar-refractivity contribution in [2.75, 3.05) is 42.9 Å². The number of rotatable bonds is 4. The van der Waals surface area contributed by atoms with Gasteiger partial charge in [0.05, 0.1) is 6.54 Å². The molecule has 1 aliphatic heterocycles. The average Bonchev–Trinajstić information content (AvgIpc) is 2.60. The lowest BCUT2D eigenvalue weighted by molar-refractivity contribution is -0.117. The number of anilines is 2. The van der Waals surface area contributed by atoms with Gasteiger partial charge in [-0.1, -0.05) is 18.2 Å². The van der Waals surface area contributed by atoms with Crippen molar-refractivity contribution in [3.63, 3.8) is 0 Å². The van der Waals surface area contributed by atoms with E-state index in [-0.39, 0.29) is 5.91 Å². The van der Waals surface area contributed by atoms with E-state index < -0.39 is 0 Å². The molecule has 1 aromatic heterocycles. The van der Waals surface area contributed by atoms with Crippen LogP contribution in [0.4, 0.5) is 11.6 Å². The zero-order valence-electron chi connectivity index (χ0n) is 14.2. The Labute approximate surface area is 142 Å². The minimum Gasteiger partial charge on any atom is -0.338 e. The molecule has 6 heteroatoms. The van der Waals surface area contributed by atoms with Gasteiger partial charge in [-0.3, -0.25) is 9.69 Å². The van der Waals surface area contributed by atoms with Crippen molar-refractivity contribution in [3.05, 3.63) is 47.8 Å². The third kappa shape index (κ3) is 3.89. The van der Waals surface area contributed by atoms with E-state index in [0.717, 1.165) is 48.9 Å². The fourth-order valence-electron chi connectivity index (χ4n) is 2.95. The molecule has 0 atom stereocenters. The number of amides is 1. The van der Waals surface area contributed by atoms with Gasteiger partial charge in [-0.2, -0.15) is 0 Å². The predicted octanol–water partition coefficient (Wildman–Crippen LogP) is 1.85. The molecule has 1 aromatic carbocycles. The minimum absolute atomic E-state index is 0.0387. The lowest BCUT2D eigenvalue weighted by atomic mass is 10.1. The van der Waals surface area contributed by atoms with Crippen LogP contribution in [0.25, 0.3) is 0 Å². The minimum atomic E-state index is 0.0387. The number of nitrogens with zero attached hydrogens (tertiary/aromatic N) is 4. The highest BCUT2D eigenvalue weighted by Crippen LogP contribution is 2.19. The van der Waals surface area contributed by atoms with Gasteiger partial charge in [0.1, 0.15) is 0 Å². The molecule has 2 aromatic rings. The summed E-state index contributed by atoms with van der Waals surface area (Å²) in [4.78, 5) is 25.2. The van der Waals surface area contributed by atoms with Gasteiger partial charge in [0.25, 0.3) is 0 Å². The molecule has 0 radical (unpaired) electrons. The summed E-state index contributed by atoms with van der Waals surface area (Å²) in [6.07, 6.45) is 3.51. The van der Waals surface area contributed by atoms with Gasteiger partial charge in [-0.05, 0) is 31.0 Å². The zero-order chi connectivity index (χ0) is 16.9. The Bertz CT molecular complexity index is 676. The van der Waals surface area contributed by atoms with Crippen LogP contribution in [0.1, 0.15) is 11.1 Å². The molecule has 1 fully saturated rings. The standard InChI is InChI=1S/C18H23N5O/c1-14-5-3-6-15(2)17(14)21-16(24)13-22-9-11-23(12-10-22)18-19-7-4-8-20-18/h3-8H,9-13H2,1-2H3,(H,21,24). The van der Waals surface area contributed by atoms with Gasteiger partial charge in [-0.25, -0.2) is 9.97 Å². The van der Waals surface area contributed by atoms with Crippen molar-refractivity contribution in [1.82, 2.24) is 14.9 Å². The molecule has 126 valence electrons. The first kappa shape index (κ1) is 16.4. The van der Waals surface area contributed by atoms with Crippen molar-refractivity contribution in [2.24, 2.45) is 0 Å². The molecule has 6 nitrogen and oxygen atoms in total. The van der Waals surface area contributed by atoms with Crippen molar-refractivity contribution in [3.8, 4) is 0 Å². The number of nitrogens with one attached hydrogen (secondary N) is 1. The van der Waals surface area contributed by atoms with Crippen LogP contribution in [-0.2, 0) is 4.79 Å². The lowest BCUT2D eigenvalue weighted by Gasteiger charge is -2.34. The van der Waals surface area contributed by atoms with Crippen LogP contribution in [0.5, 0.6) is 0 Å². The molecule has 3 rings (SSSR count). The van der Waals surface area contributed by atoms with E-state index in [4.69, 9.17) is 0 Å². The normalized spacial score (nSPS) is 15.3. The van der Waals surface area contributed by atoms with Crippen LogP contribution in [-0.4, -0.2) is 53.5 Å². The topological polar surface area (TPSA) is 61.4 Å². The second-order valence-electron chi connectivity index (χ2n) is 6.13. The molecular weight excluding hydrogens is 302 g/mol. The monoisotopic (exact) mass is 325 g/mol. The molecule has 0 aliphatic carbocycles. The number of aromatic nitrogens is 2. The number of para-hydroxylation sites is 1. The highest BCUT2D eigenvalue weighted by Gasteiger charge is 2.20. The fraction of sp³-hybridized carbons (Fsp3) is 0.389. The summed E-state index contributed by atoms with van der Waals surface area (Å²) < 4.78 is 0. The molecule has 0 unspecified atom stereocenters. The summed E-state index contributed by atoms with van der Waals surface area (Å²) in [6.45, 7) is 7.78. The quantitative estimate of drug-likeness (QED) is 0.930. The summed E-state index contributed by atoms with van der Waals surface area (Å²) in [5, 5.41) is 3.05. The Morgan fingerprint density at radius 3 is 2.29 bits per heavy atom. The number of benzene rings is 1. The van der Waals surface area contributed by atoms with Crippen LogP contribution in [0.3, 0.4) is 0 Å². The lowest BCUT2D eigenvalue weighted by Crippen LogP contribution is -2.49. The first-order valence-electron chi connectivity index (χ1n) is 8.24. The summed E-state index contributed by atoms with van der Waals surface area (Å²) in [7, 11) is 0. The van der Waals surface area contributed by atoms with Crippen LogP contribution >= 0.6 is 0 Å². The smallest absolute Gasteiger partial charge is 0.238 e. The van der Waals surface area contributed by atoms with E-state index in [1.54, 1.807) is 12.4 Å². The predicted molar refractivity (Wildman–Crippen MR) is 95.2 cm³/mol. The van der Waals surface area contributed by atoms with E-state index in [2.05, 4.69) is 25.1 Å². The van der Waals surface area contributed by atoms with Crippen LogP contribution in [0, 0.1) is 13.8 Å². The van der Waals surface area contributed by atoms with Crippen molar-refractivity contribution in [1.29, 1.82) is 0 Å². The Hall–Kier alpha value is -2.47. The van der Waals surface area contributed by atoms with Gasteiger partial charge >= 0.3 is 0 Å². The molecule has 24 heavy (non-hydrogen) atoms. The molecule has 0 saturated carbocycles. The number of hydrogen-bond acceptors (Lipinski definition) is 5. The maximum Gasteiger partial charge on any atom is 0.238 e. The average molecular weight is 325 g/mol. The molecule has 0 spiro atoms. The second-order valence-corrected chi connectivity index (χ2v) is 6.13. The zero-order valence-corrected chi connectivity index (χ0v) is 14.2. The van der Waals surface area contributed by atoms with Gasteiger partial charge in [-0.15, -0.1) is 0 Å². The summed E-state index contributed by atoms with van der Waals surface area (Å²) in [6, 6.07) is 7.85. The first-order valence-corrected chi connectivity index (χ1v) is 8.24. The number of aryl methyl sites for hydroxylation is 2. The molecule has 1 saturated heterocycles. The van der Waals surface area contributed by atoms with Crippen LogP contribution in [0.2, 0.25) is 0 Å². The SMILES string of the molecule is Cc1cccc(C)c1NC(=O)CN1CCN(c2ncccn2)CC1. The van der Waals surface area contributed by atoms with E-state index in [0.29, 0.717) is 6.54 Å². The van der Waals surface area contributed by atoms with Crippen molar-refractivity contribution >= 4 is 17.5 Å². The van der Waals surface area contributed by atoms with Crippen molar-refractivity contribution in [2.45, 2.75) is 13.8 Å². The van der Waals surface area contributed by atoms with E-state index in [1.807, 2.05) is 38.1 Å². The fourth-order valence-corrected chi connectivity index (χ4v) is 2.95. The van der Waals surface area contributed by atoms with Gasteiger partial charge in [0.2, 0.25) is 11.9 Å². The Morgan fingerprint density at radius 1 is 1.04 bits per heavy atom. The third-order valence-electron chi connectivity index (χ3n) is 4.32. The molecule has 1 aliphatic rings. The van der Waals surface area contributed by atoms with E-state index in [1.165, 1.54) is 0 Å². The third-order valence-corrected chi connectivity index (χ3v) is 4.32. The maximum absolute atomic E-state index is 12.3. The highest BCUT2D eigenvalue weighted by atomic mass is 16.2. The molecule has 1 amide bonds. The molecule has 2 heterocycles. The van der Waals surface area contributed by atoms with Gasteiger partial charge in [0, 0.05) is 44.3 Å². The Morgan fingerprint density at radius 2 is 1.67 bits per heavy atom. The molecule has 1 N–H and O–H groups in total. The Balaban J connectivity index is 1.52. The highest BCUT2D eigenvalue weighted by molar-refractivity contribution is 5.93.